The summed E-state index contributed by atoms with van der Waals surface area (Å²) in [5.41, 5.74) is 7.57. The average molecular weight is 292 g/mol. The van der Waals surface area contributed by atoms with E-state index in [1.54, 1.807) is 12.1 Å². The standard InChI is InChI=1S/C18H29FN2/c1-5-17(20)18(15-6-8-16(19)9-7-15)21-11-12(2)10-13(3)14(21)4/h6-9,12-14,17-18H,5,10-11,20H2,1-4H3. The van der Waals surface area contributed by atoms with Crippen molar-refractivity contribution in [3.8, 4) is 0 Å². The highest BCUT2D eigenvalue weighted by Crippen LogP contribution is 2.35. The summed E-state index contributed by atoms with van der Waals surface area (Å²) in [6.07, 6.45) is 2.20. The molecule has 1 fully saturated rings. The predicted octanol–water partition coefficient (Wildman–Crippen LogP) is 3.97. The molecule has 118 valence electrons. The van der Waals surface area contributed by atoms with Crippen molar-refractivity contribution in [1.82, 2.24) is 4.90 Å². The minimum absolute atomic E-state index is 0.0791. The molecule has 3 heteroatoms. The van der Waals surface area contributed by atoms with Crippen LogP contribution in [0.4, 0.5) is 4.39 Å². The molecule has 21 heavy (non-hydrogen) atoms. The molecule has 0 bridgehead atoms. The average Bonchev–Trinajstić information content (AvgIpc) is 2.46. The lowest BCUT2D eigenvalue weighted by atomic mass is 9.82. The Kier molecular flexibility index (Phi) is 5.39. The SMILES string of the molecule is CCC(N)C(c1ccc(F)cc1)N1CC(C)CC(C)C1C. The van der Waals surface area contributed by atoms with Crippen LogP contribution in [0.5, 0.6) is 0 Å². The molecule has 1 aliphatic heterocycles. The summed E-state index contributed by atoms with van der Waals surface area (Å²) >= 11 is 0. The minimum atomic E-state index is -0.184. The Morgan fingerprint density at radius 3 is 2.43 bits per heavy atom. The number of rotatable bonds is 4. The van der Waals surface area contributed by atoms with Gasteiger partial charge in [-0.1, -0.05) is 32.9 Å². The second-order valence-corrected chi connectivity index (χ2v) is 6.82. The normalized spacial score (nSPS) is 30.1. The van der Waals surface area contributed by atoms with Crippen LogP contribution in [-0.2, 0) is 0 Å². The third kappa shape index (κ3) is 3.64. The molecule has 1 aromatic rings. The van der Waals surface area contributed by atoms with Crippen molar-refractivity contribution in [3.05, 3.63) is 35.6 Å². The Bertz CT molecular complexity index is 445. The van der Waals surface area contributed by atoms with Gasteiger partial charge in [0.25, 0.3) is 0 Å². The fourth-order valence-electron chi connectivity index (χ4n) is 3.69. The van der Waals surface area contributed by atoms with E-state index in [1.807, 2.05) is 12.1 Å². The fourth-order valence-corrected chi connectivity index (χ4v) is 3.69. The van der Waals surface area contributed by atoms with E-state index in [0.717, 1.165) is 18.5 Å². The fraction of sp³-hybridized carbons (Fsp3) is 0.667. The number of piperidine rings is 1. The van der Waals surface area contributed by atoms with E-state index in [2.05, 4.69) is 32.6 Å². The van der Waals surface area contributed by atoms with Crippen LogP contribution in [0, 0.1) is 17.7 Å². The molecule has 0 aromatic heterocycles. The number of hydrogen-bond acceptors (Lipinski definition) is 2. The van der Waals surface area contributed by atoms with Crippen LogP contribution < -0.4 is 5.73 Å². The summed E-state index contributed by atoms with van der Waals surface area (Å²) in [5, 5.41) is 0. The predicted molar refractivity (Wildman–Crippen MR) is 86.5 cm³/mol. The van der Waals surface area contributed by atoms with E-state index in [0.29, 0.717) is 17.9 Å². The third-order valence-corrected chi connectivity index (χ3v) is 5.09. The van der Waals surface area contributed by atoms with Crippen molar-refractivity contribution in [2.45, 2.75) is 58.7 Å². The molecule has 0 amide bonds. The highest BCUT2D eigenvalue weighted by molar-refractivity contribution is 5.22. The number of likely N-dealkylation sites (tertiary alicyclic amines) is 1. The molecule has 0 radical (unpaired) electrons. The van der Waals surface area contributed by atoms with Gasteiger partial charge in [0.15, 0.2) is 0 Å². The van der Waals surface area contributed by atoms with Gasteiger partial charge in [0.1, 0.15) is 5.82 Å². The number of benzene rings is 1. The first-order valence-corrected chi connectivity index (χ1v) is 8.20. The zero-order valence-corrected chi connectivity index (χ0v) is 13.7. The first-order chi connectivity index (χ1) is 9.93. The molecule has 1 heterocycles. The van der Waals surface area contributed by atoms with Gasteiger partial charge in [-0.25, -0.2) is 4.39 Å². The number of nitrogens with zero attached hydrogens (tertiary/aromatic N) is 1. The van der Waals surface area contributed by atoms with Gasteiger partial charge >= 0.3 is 0 Å². The van der Waals surface area contributed by atoms with E-state index < -0.39 is 0 Å². The van der Waals surface area contributed by atoms with E-state index in [-0.39, 0.29) is 17.9 Å². The number of hydrogen-bond donors (Lipinski definition) is 1. The quantitative estimate of drug-likeness (QED) is 0.910. The molecule has 0 saturated carbocycles. The van der Waals surface area contributed by atoms with Gasteiger partial charge in [-0.3, -0.25) is 4.90 Å². The van der Waals surface area contributed by atoms with Crippen LogP contribution in [0.15, 0.2) is 24.3 Å². The smallest absolute Gasteiger partial charge is 0.123 e. The summed E-state index contributed by atoms with van der Waals surface area (Å²) in [4.78, 5) is 2.54. The Hall–Kier alpha value is -0.930. The van der Waals surface area contributed by atoms with Crippen LogP contribution in [0.3, 0.4) is 0 Å². The molecule has 2 nitrogen and oxygen atoms in total. The van der Waals surface area contributed by atoms with Crippen LogP contribution in [0.25, 0.3) is 0 Å². The highest BCUT2D eigenvalue weighted by atomic mass is 19.1. The van der Waals surface area contributed by atoms with E-state index in [4.69, 9.17) is 5.73 Å². The van der Waals surface area contributed by atoms with Crippen molar-refractivity contribution in [3.63, 3.8) is 0 Å². The maximum absolute atomic E-state index is 13.2. The van der Waals surface area contributed by atoms with Gasteiger partial charge in [0.2, 0.25) is 0 Å². The second-order valence-electron chi connectivity index (χ2n) is 6.82. The van der Waals surface area contributed by atoms with Crippen LogP contribution >= 0.6 is 0 Å². The van der Waals surface area contributed by atoms with E-state index >= 15 is 0 Å². The lowest BCUT2D eigenvalue weighted by Gasteiger charge is -2.47. The Morgan fingerprint density at radius 1 is 1.24 bits per heavy atom. The van der Waals surface area contributed by atoms with Crippen molar-refractivity contribution in [2.24, 2.45) is 17.6 Å². The zero-order valence-electron chi connectivity index (χ0n) is 13.7. The molecule has 1 saturated heterocycles. The molecule has 0 aliphatic carbocycles. The Labute approximate surface area is 128 Å². The van der Waals surface area contributed by atoms with Gasteiger partial charge in [-0.2, -0.15) is 0 Å². The summed E-state index contributed by atoms with van der Waals surface area (Å²) < 4.78 is 13.2. The van der Waals surface area contributed by atoms with E-state index in [9.17, 15) is 4.39 Å². The molecule has 5 atom stereocenters. The molecule has 2 rings (SSSR count). The highest BCUT2D eigenvalue weighted by Gasteiger charge is 2.36. The summed E-state index contributed by atoms with van der Waals surface area (Å²) in [7, 11) is 0. The van der Waals surface area contributed by atoms with Crippen LogP contribution in [-0.4, -0.2) is 23.5 Å². The monoisotopic (exact) mass is 292 g/mol. The summed E-state index contributed by atoms with van der Waals surface area (Å²) in [5.74, 6) is 1.17. The molecule has 5 unspecified atom stereocenters. The van der Waals surface area contributed by atoms with E-state index in [1.165, 1.54) is 6.42 Å². The van der Waals surface area contributed by atoms with Gasteiger partial charge in [-0.15, -0.1) is 0 Å². The molecule has 1 aliphatic rings. The van der Waals surface area contributed by atoms with Crippen molar-refractivity contribution in [1.29, 1.82) is 0 Å². The minimum Gasteiger partial charge on any atom is -0.326 e. The maximum atomic E-state index is 13.2. The second kappa shape index (κ2) is 6.89. The molecular formula is C18H29FN2. The first kappa shape index (κ1) is 16.4. The van der Waals surface area contributed by atoms with Gasteiger partial charge in [0, 0.05) is 18.6 Å². The lowest BCUT2D eigenvalue weighted by molar-refractivity contribution is 0.0287. The Balaban J connectivity index is 2.33. The largest absolute Gasteiger partial charge is 0.326 e. The van der Waals surface area contributed by atoms with Crippen molar-refractivity contribution in [2.75, 3.05) is 6.54 Å². The third-order valence-electron chi connectivity index (χ3n) is 5.09. The van der Waals surface area contributed by atoms with Gasteiger partial charge < -0.3 is 5.73 Å². The lowest BCUT2D eigenvalue weighted by Crippen LogP contribution is -2.52. The van der Waals surface area contributed by atoms with Crippen molar-refractivity contribution >= 4 is 0 Å². The van der Waals surface area contributed by atoms with Gasteiger partial charge in [-0.05, 0) is 49.3 Å². The maximum Gasteiger partial charge on any atom is 0.123 e. The number of halogens is 1. The topological polar surface area (TPSA) is 29.3 Å². The van der Waals surface area contributed by atoms with Crippen LogP contribution in [0.1, 0.15) is 52.1 Å². The molecule has 2 N–H and O–H groups in total. The zero-order chi connectivity index (χ0) is 15.6. The molecule has 1 aromatic carbocycles. The molecule has 0 spiro atoms. The molecular weight excluding hydrogens is 263 g/mol. The number of nitrogens with two attached hydrogens (primary N) is 1. The Morgan fingerprint density at radius 2 is 1.86 bits per heavy atom. The summed E-state index contributed by atoms with van der Waals surface area (Å²) in [6.45, 7) is 10.1. The van der Waals surface area contributed by atoms with Gasteiger partial charge in [0.05, 0.1) is 6.04 Å². The van der Waals surface area contributed by atoms with Crippen LogP contribution in [0.2, 0.25) is 0 Å². The first-order valence-electron chi connectivity index (χ1n) is 8.20. The van der Waals surface area contributed by atoms with Crippen molar-refractivity contribution < 1.29 is 4.39 Å². The summed E-state index contributed by atoms with van der Waals surface area (Å²) in [6, 6.07) is 7.65.